The highest BCUT2D eigenvalue weighted by atomic mass is 19.4. The fourth-order valence-electron chi connectivity index (χ4n) is 1.43. The summed E-state index contributed by atoms with van der Waals surface area (Å²) in [7, 11) is 0. The van der Waals surface area contributed by atoms with Crippen LogP contribution in [0.2, 0.25) is 0 Å². The Kier molecular flexibility index (Phi) is 2.57. The van der Waals surface area contributed by atoms with Crippen molar-refractivity contribution in [1.29, 1.82) is 0 Å². The maximum Gasteiger partial charge on any atom is 0.416 e. The van der Waals surface area contributed by atoms with E-state index in [-0.39, 0.29) is 5.82 Å². The smallest absolute Gasteiger partial charge is 0.381 e. The summed E-state index contributed by atoms with van der Waals surface area (Å²) in [5.41, 5.74) is 5.92. The molecule has 6 heteroatoms. The van der Waals surface area contributed by atoms with Crippen LogP contribution in [0, 0.1) is 6.92 Å². The Hall–Kier alpha value is -1.98. The van der Waals surface area contributed by atoms with Gasteiger partial charge >= 0.3 is 6.18 Å². The fourth-order valence-corrected chi connectivity index (χ4v) is 1.43. The molecule has 0 aliphatic heterocycles. The molecule has 0 radical (unpaired) electrons. The van der Waals surface area contributed by atoms with Gasteiger partial charge in [0, 0.05) is 11.1 Å². The topological polar surface area (TPSA) is 52.0 Å². The molecule has 0 amide bonds. The largest absolute Gasteiger partial charge is 0.416 e. The number of aromatic nitrogens is 1. The summed E-state index contributed by atoms with van der Waals surface area (Å²) in [6, 6.07) is 4.65. The van der Waals surface area contributed by atoms with Gasteiger partial charge in [0.15, 0.2) is 11.6 Å². The molecule has 0 spiro atoms. The zero-order chi connectivity index (χ0) is 12.6. The SMILES string of the molecule is Cc1c(N)noc1-c1ccc(C(F)(F)F)cc1. The van der Waals surface area contributed by atoms with E-state index >= 15 is 0 Å². The van der Waals surface area contributed by atoms with Crippen molar-refractivity contribution in [1.82, 2.24) is 5.16 Å². The van der Waals surface area contributed by atoms with Crippen molar-refractivity contribution in [2.75, 3.05) is 5.73 Å². The highest BCUT2D eigenvalue weighted by Crippen LogP contribution is 2.32. The second-order valence-electron chi connectivity index (χ2n) is 3.60. The van der Waals surface area contributed by atoms with Crippen LogP contribution in [0.5, 0.6) is 0 Å². The van der Waals surface area contributed by atoms with Crippen LogP contribution in [-0.4, -0.2) is 5.16 Å². The molecule has 0 saturated carbocycles. The predicted octanol–water partition coefficient (Wildman–Crippen LogP) is 3.25. The predicted molar refractivity (Wildman–Crippen MR) is 56.1 cm³/mol. The number of rotatable bonds is 1. The van der Waals surface area contributed by atoms with E-state index in [1.165, 1.54) is 12.1 Å². The second-order valence-corrected chi connectivity index (χ2v) is 3.60. The lowest BCUT2D eigenvalue weighted by molar-refractivity contribution is -0.137. The Morgan fingerprint density at radius 3 is 2.18 bits per heavy atom. The van der Waals surface area contributed by atoms with Gasteiger partial charge in [-0.05, 0) is 19.1 Å². The van der Waals surface area contributed by atoms with Gasteiger partial charge < -0.3 is 10.3 Å². The Morgan fingerprint density at radius 2 is 1.76 bits per heavy atom. The van der Waals surface area contributed by atoms with E-state index in [1.54, 1.807) is 6.92 Å². The molecule has 0 saturated heterocycles. The van der Waals surface area contributed by atoms with E-state index in [2.05, 4.69) is 5.16 Å². The van der Waals surface area contributed by atoms with Gasteiger partial charge in [-0.15, -0.1) is 0 Å². The molecule has 1 aromatic heterocycles. The van der Waals surface area contributed by atoms with E-state index in [0.717, 1.165) is 12.1 Å². The van der Waals surface area contributed by atoms with Crippen molar-refractivity contribution in [3.63, 3.8) is 0 Å². The second kappa shape index (κ2) is 3.80. The average Bonchev–Trinajstić information content (AvgIpc) is 2.59. The van der Waals surface area contributed by atoms with Crippen molar-refractivity contribution in [3.05, 3.63) is 35.4 Å². The number of alkyl halides is 3. The van der Waals surface area contributed by atoms with Gasteiger partial charge in [-0.25, -0.2) is 0 Å². The van der Waals surface area contributed by atoms with Crippen LogP contribution in [-0.2, 0) is 6.18 Å². The fraction of sp³-hybridized carbons (Fsp3) is 0.182. The molecule has 0 bridgehead atoms. The molecule has 90 valence electrons. The number of halogens is 3. The maximum atomic E-state index is 12.3. The minimum absolute atomic E-state index is 0.236. The van der Waals surface area contributed by atoms with Gasteiger partial charge in [-0.1, -0.05) is 17.3 Å². The van der Waals surface area contributed by atoms with Gasteiger partial charge in [-0.2, -0.15) is 13.2 Å². The third-order valence-electron chi connectivity index (χ3n) is 2.43. The maximum absolute atomic E-state index is 12.3. The lowest BCUT2D eigenvalue weighted by Crippen LogP contribution is -2.03. The number of anilines is 1. The van der Waals surface area contributed by atoms with Crippen LogP contribution in [0.1, 0.15) is 11.1 Å². The lowest BCUT2D eigenvalue weighted by atomic mass is 10.1. The first-order valence-corrected chi connectivity index (χ1v) is 4.79. The summed E-state index contributed by atoms with van der Waals surface area (Å²) in [6.07, 6.45) is -4.34. The normalized spacial score (nSPS) is 11.8. The summed E-state index contributed by atoms with van der Waals surface area (Å²) in [5, 5.41) is 3.54. The number of hydrogen-bond acceptors (Lipinski definition) is 3. The van der Waals surface area contributed by atoms with E-state index in [1.807, 2.05) is 0 Å². The lowest BCUT2D eigenvalue weighted by Gasteiger charge is -2.06. The van der Waals surface area contributed by atoms with Crippen molar-refractivity contribution in [2.24, 2.45) is 0 Å². The van der Waals surface area contributed by atoms with Gasteiger partial charge in [0.25, 0.3) is 0 Å². The Morgan fingerprint density at radius 1 is 1.18 bits per heavy atom. The van der Waals surface area contributed by atoms with Gasteiger partial charge in [-0.3, -0.25) is 0 Å². The highest BCUT2D eigenvalue weighted by Gasteiger charge is 2.30. The number of nitrogens with zero attached hydrogens (tertiary/aromatic N) is 1. The van der Waals surface area contributed by atoms with Crippen LogP contribution in [0.4, 0.5) is 19.0 Å². The minimum atomic E-state index is -4.34. The van der Waals surface area contributed by atoms with Crippen LogP contribution >= 0.6 is 0 Å². The molecule has 2 N–H and O–H groups in total. The summed E-state index contributed by atoms with van der Waals surface area (Å²) < 4.78 is 42.0. The summed E-state index contributed by atoms with van der Waals surface area (Å²) >= 11 is 0. The van der Waals surface area contributed by atoms with Gasteiger partial charge in [0.1, 0.15) is 0 Å². The van der Waals surface area contributed by atoms with E-state index < -0.39 is 11.7 Å². The highest BCUT2D eigenvalue weighted by molar-refractivity contribution is 5.65. The van der Waals surface area contributed by atoms with Crippen molar-refractivity contribution < 1.29 is 17.7 Å². The Balaban J connectivity index is 2.40. The first-order valence-electron chi connectivity index (χ1n) is 4.79. The Bertz CT molecular complexity index is 529. The molecule has 2 aromatic rings. The molecule has 0 aliphatic carbocycles. The molecular weight excluding hydrogens is 233 g/mol. The van der Waals surface area contributed by atoms with Crippen molar-refractivity contribution in [2.45, 2.75) is 13.1 Å². The first-order chi connectivity index (χ1) is 7.89. The number of nitrogens with two attached hydrogens (primary N) is 1. The third-order valence-corrected chi connectivity index (χ3v) is 2.43. The van der Waals surface area contributed by atoms with E-state index in [0.29, 0.717) is 16.9 Å². The molecule has 17 heavy (non-hydrogen) atoms. The first kappa shape index (κ1) is 11.5. The summed E-state index contributed by atoms with van der Waals surface area (Å²) in [4.78, 5) is 0. The zero-order valence-electron chi connectivity index (χ0n) is 8.88. The Labute approximate surface area is 95.0 Å². The summed E-state index contributed by atoms with van der Waals surface area (Å²) in [5.74, 6) is 0.621. The van der Waals surface area contributed by atoms with Crippen molar-refractivity contribution in [3.8, 4) is 11.3 Å². The third kappa shape index (κ3) is 2.11. The number of nitrogen functional groups attached to an aromatic ring is 1. The van der Waals surface area contributed by atoms with Crippen LogP contribution in [0.3, 0.4) is 0 Å². The number of benzene rings is 1. The minimum Gasteiger partial charge on any atom is -0.381 e. The molecule has 1 heterocycles. The van der Waals surface area contributed by atoms with Gasteiger partial charge in [0.05, 0.1) is 5.56 Å². The molecule has 3 nitrogen and oxygen atoms in total. The number of hydrogen-bond donors (Lipinski definition) is 1. The van der Waals surface area contributed by atoms with E-state index in [9.17, 15) is 13.2 Å². The quantitative estimate of drug-likeness (QED) is 0.835. The molecule has 0 unspecified atom stereocenters. The van der Waals surface area contributed by atoms with Crippen molar-refractivity contribution >= 4 is 5.82 Å². The molecule has 1 aromatic carbocycles. The monoisotopic (exact) mass is 242 g/mol. The van der Waals surface area contributed by atoms with Crippen LogP contribution in [0.25, 0.3) is 11.3 Å². The molecule has 0 fully saturated rings. The average molecular weight is 242 g/mol. The molecule has 0 atom stereocenters. The zero-order valence-corrected chi connectivity index (χ0v) is 8.88. The van der Waals surface area contributed by atoms with E-state index in [4.69, 9.17) is 10.3 Å². The molecule has 2 rings (SSSR count). The standard InChI is InChI=1S/C11H9F3N2O/c1-6-9(17-16-10(6)15)7-2-4-8(5-3-7)11(12,13)14/h2-5H,1H3,(H2,15,16). The molecule has 0 aliphatic rings. The van der Waals surface area contributed by atoms with Crippen LogP contribution < -0.4 is 5.73 Å². The van der Waals surface area contributed by atoms with Gasteiger partial charge in [0.2, 0.25) is 0 Å². The molecular formula is C11H9F3N2O. The summed E-state index contributed by atoms with van der Waals surface area (Å²) in [6.45, 7) is 1.69. The van der Waals surface area contributed by atoms with Crippen LogP contribution in [0.15, 0.2) is 28.8 Å².